The molecule has 0 saturated carbocycles. The monoisotopic (exact) mass is 212 g/mol. The first-order chi connectivity index (χ1) is 6.67. The molecule has 0 aliphatic carbocycles. The lowest BCUT2D eigenvalue weighted by Crippen LogP contribution is -2.65. The molecule has 1 aliphatic rings. The van der Waals surface area contributed by atoms with Crippen LogP contribution in [-0.4, -0.2) is 35.3 Å². The van der Waals surface area contributed by atoms with E-state index in [0.717, 1.165) is 0 Å². The zero-order valence-corrected chi connectivity index (χ0v) is 10.2. The molecule has 0 aromatic carbocycles. The van der Waals surface area contributed by atoms with Crippen LogP contribution in [0.5, 0.6) is 0 Å². The Hall–Kier alpha value is -1.06. The number of amides is 2. The van der Waals surface area contributed by atoms with Crippen LogP contribution >= 0.6 is 0 Å². The second kappa shape index (κ2) is 3.51. The Bertz CT molecular complexity index is 289. The minimum Gasteiger partial charge on any atom is -0.352 e. The van der Waals surface area contributed by atoms with Gasteiger partial charge in [-0.15, -0.1) is 0 Å². The van der Waals surface area contributed by atoms with Crippen LogP contribution in [-0.2, 0) is 9.59 Å². The summed E-state index contributed by atoms with van der Waals surface area (Å²) in [4.78, 5) is 25.5. The van der Waals surface area contributed by atoms with Gasteiger partial charge in [0.1, 0.15) is 5.54 Å². The quantitative estimate of drug-likeness (QED) is 0.644. The van der Waals surface area contributed by atoms with Gasteiger partial charge < -0.3 is 10.2 Å². The highest BCUT2D eigenvalue weighted by Gasteiger charge is 2.43. The van der Waals surface area contributed by atoms with Gasteiger partial charge in [-0.3, -0.25) is 9.59 Å². The van der Waals surface area contributed by atoms with Crippen molar-refractivity contribution in [2.24, 2.45) is 5.41 Å². The van der Waals surface area contributed by atoms with Crippen molar-refractivity contribution >= 4 is 11.8 Å². The molecule has 4 heteroatoms. The third-order valence-corrected chi connectivity index (χ3v) is 2.74. The van der Waals surface area contributed by atoms with Crippen molar-refractivity contribution in [1.29, 1.82) is 0 Å². The first-order valence-electron chi connectivity index (χ1n) is 5.28. The predicted octanol–water partition coefficient (Wildman–Crippen LogP) is 0.769. The number of hydrogen-bond donors (Lipinski definition) is 1. The van der Waals surface area contributed by atoms with E-state index >= 15 is 0 Å². The summed E-state index contributed by atoms with van der Waals surface area (Å²) in [6.45, 7) is 10.3. The molecule has 1 heterocycles. The third-order valence-electron chi connectivity index (χ3n) is 2.74. The van der Waals surface area contributed by atoms with E-state index in [2.05, 4.69) is 5.32 Å². The van der Waals surface area contributed by atoms with Crippen LogP contribution in [0, 0.1) is 5.41 Å². The van der Waals surface area contributed by atoms with Crippen LogP contribution < -0.4 is 5.32 Å². The maximum Gasteiger partial charge on any atom is 0.245 e. The zero-order chi connectivity index (χ0) is 11.9. The van der Waals surface area contributed by atoms with Crippen molar-refractivity contribution in [3.8, 4) is 0 Å². The molecule has 86 valence electrons. The van der Waals surface area contributed by atoms with Crippen LogP contribution in [0.15, 0.2) is 0 Å². The molecule has 15 heavy (non-hydrogen) atoms. The number of hydrogen-bond acceptors (Lipinski definition) is 2. The fraction of sp³-hybridized carbons (Fsp3) is 0.818. The molecular weight excluding hydrogens is 192 g/mol. The van der Waals surface area contributed by atoms with Crippen LogP contribution in [0.2, 0.25) is 0 Å². The van der Waals surface area contributed by atoms with Crippen LogP contribution in [0.3, 0.4) is 0 Å². The molecule has 0 radical (unpaired) electrons. The second-order valence-corrected chi connectivity index (χ2v) is 5.52. The average molecular weight is 212 g/mol. The molecule has 1 fully saturated rings. The van der Waals surface area contributed by atoms with E-state index in [1.165, 1.54) is 0 Å². The maximum absolute atomic E-state index is 12.1. The normalized spacial score (nSPS) is 21.1. The first kappa shape index (κ1) is 12.0. The first-order valence-corrected chi connectivity index (χ1v) is 5.28. The van der Waals surface area contributed by atoms with Crippen LogP contribution in [0.1, 0.15) is 34.6 Å². The summed E-state index contributed by atoms with van der Waals surface area (Å²) < 4.78 is 0. The van der Waals surface area contributed by atoms with E-state index < -0.39 is 11.0 Å². The highest BCUT2D eigenvalue weighted by Crippen LogP contribution is 2.25. The van der Waals surface area contributed by atoms with Crippen molar-refractivity contribution in [3.63, 3.8) is 0 Å². The Balaban J connectivity index is 2.95. The van der Waals surface area contributed by atoms with Crippen molar-refractivity contribution in [2.75, 3.05) is 13.1 Å². The minimum absolute atomic E-state index is 0.0300. The van der Waals surface area contributed by atoms with Crippen LogP contribution in [0.25, 0.3) is 0 Å². The summed E-state index contributed by atoms with van der Waals surface area (Å²) in [6.07, 6.45) is 0. The average Bonchev–Trinajstić information content (AvgIpc) is 2.07. The molecule has 1 rings (SSSR count). The smallest absolute Gasteiger partial charge is 0.245 e. The minimum atomic E-state index is -0.734. The van der Waals surface area contributed by atoms with E-state index in [1.54, 1.807) is 18.7 Å². The van der Waals surface area contributed by atoms with E-state index in [9.17, 15) is 9.59 Å². The summed E-state index contributed by atoms with van der Waals surface area (Å²) in [5.74, 6) is -0.0475. The molecule has 0 spiro atoms. The highest BCUT2D eigenvalue weighted by molar-refractivity contribution is 5.93. The number of piperazine rings is 1. The lowest BCUT2D eigenvalue weighted by Gasteiger charge is -2.43. The van der Waals surface area contributed by atoms with Gasteiger partial charge in [0.15, 0.2) is 0 Å². The molecule has 0 atom stereocenters. The Kier molecular flexibility index (Phi) is 2.81. The van der Waals surface area contributed by atoms with E-state index in [-0.39, 0.29) is 11.8 Å². The molecule has 0 bridgehead atoms. The summed E-state index contributed by atoms with van der Waals surface area (Å²) in [6, 6.07) is 0. The number of nitrogens with zero attached hydrogens (tertiary/aromatic N) is 1. The van der Waals surface area contributed by atoms with Gasteiger partial charge in [-0.1, -0.05) is 20.8 Å². The van der Waals surface area contributed by atoms with Crippen molar-refractivity contribution < 1.29 is 9.59 Å². The summed E-state index contributed by atoms with van der Waals surface area (Å²) in [5.41, 5.74) is -1.17. The fourth-order valence-electron chi connectivity index (χ4n) is 1.66. The molecule has 0 aromatic heterocycles. The van der Waals surface area contributed by atoms with Crippen LogP contribution in [0.4, 0.5) is 0 Å². The Morgan fingerprint density at radius 2 is 1.93 bits per heavy atom. The number of carbonyl (C=O) groups excluding carboxylic acids is 2. The van der Waals surface area contributed by atoms with Gasteiger partial charge in [0, 0.05) is 18.5 Å². The van der Waals surface area contributed by atoms with Gasteiger partial charge in [0.25, 0.3) is 0 Å². The lowest BCUT2D eigenvalue weighted by molar-refractivity contribution is -0.154. The Labute approximate surface area is 91.0 Å². The summed E-state index contributed by atoms with van der Waals surface area (Å²) >= 11 is 0. The van der Waals surface area contributed by atoms with E-state index in [0.29, 0.717) is 13.1 Å². The lowest BCUT2D eigenvalue weighted by atomic mass is 9.90. The molecule has 4 nitrogen and oxygen atoms in total. The standard InChI is InChI=1S/C11H20N2O2/c1-10(2,3)9(15)13-7-6-12-8(14)11(13,4)5/h6-7H2,1-5H3,(H,12,14). The number of rotatable bonds is 0. The maximum atomic E-state index is 12.1. The predicted molar refractivity (Wildman–Crippen MR) is 58.3 cm³/mol. The molecule has 1 aliphatic heterocycles. The summed E-state index contributed by atoms with van der Waals surface area (Å²) in [7, 11) is 0. The molecule has 0 unspecified atom stereocenters. The highest BCUT2D eigenvalue weighted by atomic mass is 16.2. The SMILES string of the molecule is CC(C)(C)C(=O)N1CCNC(=O)C1(C)C. The van der Waals surface area contributed by atoms with E-state index in [4.69, 9.17) is 0 Å². The Morgan fingerprint density at radius 3 is 2.40 bits per heavy atom. The number of nitrogens with one attached hydrogen (secondary N) is 1. The molecule has 1 saturated heterocycles. The fourth-order valence-corrected chi connectivity index (χ4v) is 1.66. The molecule has 0 aromatic rings. The largest absolute Gasteiger partial charge is 0.352 e. The summed E-state index contributed by atoms with van der Waals surface area (Å²) in [5, 5.41) is 2.78. The van der Waals surface area contributed by atoms with Gasteiger partial charge in [0.05, 0.1) is 0 Å². The second-order valence-electron chi connectivity index (χ2n) is 5.52. The third kappa shape index (κ3) is 2.13. The van der Waals surface area contributed by atoms with Gasteiger partial charge >= 0.3 is 0 Å². The molecule has 1 N–H and O–H groups in total. The van der Waals surface area contributed by atoms with Crippen molar-refractivity contribution in [3.05, 3.63) is 0 Å². The Morgan fingerprint density at radius 1 is 1.40 bits per heavy atom. The molecule has 2 amide bonds. The van der Waals surface area contributed by atoms with Gasteiger partial charge in [-0.2, -0.15) is 0 Å². The molecular formula is C11H20N2O2. The van der Waals surface area contributed by atoms with Gasteiger partial charge in [-0.25, -0.2) is 0 Å². The van der Waals surface area contributed by atoms with Crippen molar-refractivity contribution in [1.82, 2.24) is 10.2 Å². The van der Waals surface area contributed by atoms with E-state index in [1.807, 2.05) is 20.8 Å². The topological polar surface area (TPSA) is 49.4 Å². The number of carbonyl (C=O) groups is 2. The van der Waals surface area contributed by atoms with Gasteiger partial charge in [-0.05, 0) is 13.8 Å². The van der Waals surface area contributed by atoms with Gasteiger partial charge in [0.2, 0.25) is 11.8 Å². The van der Waals surface area contributed by atoms with Crippen molar-refractivity contribution in [2.45, 2.75) is 40.2 Å². The zero-order valence-electron chi connectivity index (χ0n) is 10.2.